The average molecular weight is 220 g/mol. The molecule has 1 rings (SSSR count). The summed E-state index contributed by atoms with van der Waals surface area (Å²) in [5.41, 5.74) is 8.16. The number of unbranched alkanes of at least 4 members (excludes halogenated alkanes) is 1. The molecule has 1 unspecified atom stereocenters. The third-order valence-corrected chi connectivity index (χ3v) is 2.90. The summed E-state index contributed by atoms with van der Waals surface area (Å²) >= 11 is 0. The Kier molecular flexibility index (Phi) is 5.76. The van der Waals surface area contributed by atoms with Crippen LogP contribution in [-0.4, -0.2) is 6.61 Å². The van der Waals surface area contributed by atoms with Crippen molar-refractivity contribution in [2.24, 2.45) is 5.92 Å². The zero-order chi connectivity index (χ0) is 11.8. The molecule has 0 aliphatic heterocycles. The normalized spacial score (nSPS) is 12.4. The highest BCUT2D eigenvalue weighted by molar-refractivity contribution is 5.48. The zero-order valence-electron chi connectivity index (χ0n) is 10.3. The van der Waals surface area contributed by atoms with Crippen molar-refractivity contribution < 1.29 is 4.74 Å². The van der Waals surface area contributed by atoms with E-state index in [2.05, 4.69) is 13.8 Å². The first-order valence-corrected chi connectivity index (χ1v) is 6.21. The number of hydrogen-bond donors (Lipinski definition) is 0. The summed E-state index contributed by atoms with van der Waals surface area (Å²) in [6.45, 7) is 5.16. The minimum atomic E-state index is 0.479. The zero-order valence-corrected chi connectivity index (χ0v) is 10.3. The van der Waals surface area contributed by atoms with Crippen molar-refractivity contribution in [3.63, 3.8) is 0 Å². The van der Waals surface area contributed by atoms with Gasteiger partial charge in [-0.1, -0.05) is 45.2 Å². The van der Waals surface area contributed by atoms with E-state index >= 15 is 0 Å². The van der Waals surface area contributed by atoms with Gasteiger partial charge in [0.05, 0.1) is 12.3 Å². The molecule has 0 spiro atoms. The number of rotatable bonds is 7. The van der Waals surface area contributed by atoms with Crippen LogP contribution in [0.1, 0.15) is 39.5 Å². The van der Waals surface area contributed by atoms with E-state index in [0.29, 0.717) is 17.4 Å². The van der Waals surface area contributed by atoms with Gasteiger partial charge in [-0.2, -0.15) is 0 Å². The first-order chi connectivity index (χ1) is 7.77. The molecule has 1 radical (unpaired) electrons. The Bertz CT molecular complexity index is 299. The molecule has 0 saturated heterocycles. The van der Waals surface area contributed by atoms with E-state index in [1.54, 1.807) is 6.07 Å². The van der Waals surface area contributed by atoms with Gasteiger partial charge >= 0.3 is 0 Å². The van der Waals surface area contributed by atoms with Gasteiger partial charge in [0.1, 0.15) is 5.75 Å². The van der Waals surface area contributed by atoms with Crippen LogP contribution in [0, 0.1) is 5.92 Å². The van der Waals surface area contributed by atoms with Crippen LogP contribution < -0.4 is 10.5 Å². The standard InChI is InChI=1S/C14H22NO/c1-3-5-8-12(4-2)11-16-14-10-7-6-9-13(14)15/h6-7,9-10,12,15H,3-5,8,11H2,1-2H3. The fraction of sp³-hybridized carbons (Fsp3) is 0.571. The SMILES string of the molecule is CCCCC(CC)COc1ccccc1[NH]. The number of hydrogen-bond acceptors (Lipinski definition) is 1. The molecule has 1 N–H and O–H groups in total. The van der Waals surface area contributed by atoms with Crippen molar-refractivity contribution in [3.8, 4) is 5.75 Å². The Hall–Kier alpha value is -1.18. The highest BCUT2D eigenvalue weighted by Gasteiger charge is 2.07. The fourth-order valence-corrected chi connectivity index (χ4v) is 1.70. The molecule has 0 saturated carbocycles. The van der Waals surface area contributed by atoms with E-state index in [1.165, 1.54) is 19.3 Å². The Balaban J connectivity index is 2.40. The van der Waals surface area contributed by atoms with Gasteiger partial charge in [0, 0.05) is 0 Å². The average Bonchev–Trinajstić information content (AvgIpc) is 2.31. The molecule has 2 nitrogen and oxygen atoms in total. The van der Waals surface area contributed by atoms with Crippen molar-refractivity contribution in [1.29, 1.82) is 0 Å². The van der Waals surface area contributed by atoms with Crippen molar-refractivity contribution in [1.82, 2.24) is 5.73 Å². The van der Waals surface area contributed by atoms with E-state index in [1.807, 2.05) is 18.2 Å². The second-order valence-electron chi connectivity index (χ2n) is 4.22. The highest BCUT2D eigenvalue weighted by atomic mass is 16.5. The summed E-state index contributed by atoms with van der Waals surface area (Å²) < 4.78 is 5.70. The van der Waals surface area contributed by atoms with E-state index in [0.717, 1.165) is 13.0 Å². The predicted molar refractivity (Wildman–Crippen MR) is 68.0 cm³/mol. The van der Waals surface area contributed by atoms with Crippen LogP contribution in [-0.2, 0) is 0 Å². The third-order valence-electron chi connectivity index (χ3n) is 2.90. The van der Waals surface area contributed by atoms with Gasteiger partial charge in [0.15, 0.2) is 0 Å². The molecule has 0 aliphatic carbocycles. The molecular weight excluding hydrogens is 198 g/mol. The third kappa shape index (κ3) is 4.13. The minimum Gasteiger partial charge on any atom is -0.491 e. The number of para-hydroxylation sites is 1. The lowest BCUT2D eigenvalue weighted by atomic mass is 10.0. The van der Waals surface area contributed by atoms with Crippen LogP contribution in [0.5, 0.6) is 5.75 Å². The van der Waals surface area contributed by atoms with Crippen LogP contribution in [0.25, 0.3) is 0 Å². The van der Waals surface area contributed by atoms with Gasteiger partial charge in [-0.15, -0.1) is 0 Å². The summed E-state index contributed by atoms with van der Waals surface area (Å²) in [7, 11) is 0. The van der Waals surface area contributed by atoms with Crippen LogP contribution >= 0.6 is 0 Å². The van der Waals surface area contributed by atoms with Gasteiger partial charge in [0.2, 0.25) is 0 Å². The lowest BCUT2D eigenvalue weighted by Gasteiger charge is -2.16. The van der Waals surface area contributed by atoms with E-state index in [4.69, 9.17) is 10.5 Å². The van der Waals surface area contributed by atoms with Crippen molar-refractivity contribution in [2.75, 3.05) is 6.61 Å². The van der Waals surface area contributed by atoms with Crippen molar-refractivity contribution >= 4 is 5.69 Å². The summed E-state index contributed by atoms with van der Waals surface area (Å²) in [6.07, 6.45) is 4.89. The molecular formula is C14H22NO. The summed E-state index contributed by atoms with van der Waals surface area (Å²) in [5, 5.41) is 0. The first kappa shape index (κ1) is 12.9. The van der Waals surface area contributed by atoms with Crippen LogP contribution in [0.3, 0.4) is 0 Å². The topological polar surface area (TPSA) is 33.0 Å². The predicted octanol–water partition coefficient (Wildman–Crippen LogP) is 4.20. The quantitative estimate of drug-likeness (QED) is 0.678. The van der Waals surface area contributed by atoms with Gasteiger partial charge in [-0.25, -0.2) is 0 Å². The Morgan fingerprint density at radius 2 is 2.00 bits per heavy atom. The Morgan fingerprint density at radius 1 is 1.25 bits per heavy atom. The molecule has 1 aromatic carbocycles. The lowest BCUT2D eigenvalue weighted by Crippen LogP contribution is -2.11. The lowest BCUT2D eigenvalue weighted by molar-refractivity contribution is 0.234. The molecule has 1 aromatic rings. The van der Waals surface area contributed by atoms with Gasteiger partial charge in [0.25, 0.3) is 0 Å². The summed E-state index contributed by atoms with van der Waals surface area (Å²) in [5.74, 6) is 1.33. The summed E-state index contributed by atoms with van der Waals surface area (Å²) in [4.78, 5) is 0. The molecule has 0 bridgehead atoms. The molecule has 0 amide bonds. The fourth-order valence-electron chi connectivity index (χ4n) is 1.70. The van der Waals surface area contributed by atoms with Crippen LogP contribution in [0.4, 0.5) is 5.69 Å². The molecule has 89 valence electrons. The molecule has 0 aromatic heterocycles. The van der Waals surface area contributed by atoms with Gasteiger partial charge < -0.3 is 4.74 Å². The molecule has 0 fully saturated rings. The molecule has 16 heavy (non-hydrogen) atoms. The number of benzene rings is 1. The highest BCUT2D eigenvalue weighted by Crippen LogP contribution is 2.23. The van der Waals surface area contributed by atoms with E-state index in [9.17, 15) is 0 Å². The first-order valence-electron chi connectivity index (χ1n) is 6.21. The largest absolute Gasteiger partial charge is 0.491 e. The molecule has 0 heterocycles. The second kappa shape index (κ2) is 7.15. The monoisotopic (exact) mass is 220 g/mol. The van der Waals surface area contributed by atoms with E-state index < -0.39 is 0 Å². The molecule has 0 aliphatic rings. The maximum absolute atomic E-state index is 7.69. The van der Waals surface area contributed by atoms with Gasteiger partial charge in [-0.3, -0.25) is 5.73 Å². The number of ether oxygens (including phenoxy) is 1. The van der Waals surface area contributed by atoms with Crippen molar-refractivity contribution in [3.05, 3.63) is 24.3 Å². The maximum Gasteiger partial charge on any atom is 0.144 e. The van der Waals surface area contributed by atoms with Crippen LogP contribution in [0.2, 0.25) is 0 Å². The van der Waals surface area contributed by atoms with E-state index in [-0.39, 0.29) is 0 Å². The molecule has 1 atom stereocenters. The number of nitrogens with one attached hydrogen (secondary N) is 1. The van der Waals surface area contributed by atoms with Gasteiger partial charge in [-0.05, 0) is 24.5 Å². The Labute approximate surface area is 98.8 Å². The maximum atomic E-state index is 7.69. The Morgan fingerprint density at radius 3 is 2.62 bits per heavy atom. The summed E-state index contributed by atoms with van der Waals surface area (Å²) in [6, 6.07) is 7.42. The van der Waals surface area contributed by atoms with Crippen LogP contribution in [0.15, 0.2) is 24.3 Å². The molecule has 2 heteroatoms. The minimum absolute atomic E-state index is 0.479. The second-order valence-corrected chi connectivity index (χ2v) is 4.22. The van der Waals surface area contributed by atoms with Crippen molar-refractivity contribution in [2.45, 2.75) is 39.5 Å². The smallest absolute Gasteiger partial charge is 0.144 e.